The van der Waals surface area contributed by atoms with Gasteiger partial charge in [0.2, 0.25) is 0 Å². The van der Waals surface area contributed by atoms with Crippen LogP contribution in [0.2, 0.25) is 5.02 Å². The summed E-state index contributed by atoms with van der Waals surface area (Å²) in [6.07, 6.45) is 0.234. The van der Waals surface area contributed by atoms with Crippen LogP contribution >= 0.6 is 35.6 Å². The molecule has 1 heterocycles. The Labute approximate surface area is 126 Å². The normalized spacial score (nSPS) is 10.5. The maximum Gasteiger partial charge on any atom is 0.311 e. The second-order valence-corrected chi connectivity index (χ2v) is 6.22. The average molecular weight is 314 g/mol. The first-order valence-corrected chi connectivity index (χ1v) is 7.24. The zero-order chi connectivity index (χ0) is 13.8. The predicted molar refractivity (Wildman–Crippen MR) is 79.1 cm³/mol. The van der Waals surface area contributed by atoms with E-state index in [4.69, 9.17) is 16.3 Å². The van der Waals surface area contributed by atoms with Crippen LogP contribution in [0.4, 0.5) is 0 Å². The van der Waals surface area contributed by atoms with Crippen molar-refractivity contribution < 1.29 is 9.53 Å². The van der Waals surface area contributed by atoms with E-state index in [0.29, 0.717) is 9.36 Å². The molecule has 100 valence electrons. The molecule has 0 saturated carbocycles. The van der Waals surface area contributed by atoms with Crippen LogP contribution in [0.15, 0.2) is 28.6 Å². The predicted octanol–water partition coefficient (Wildman–Crippen LogP) is 3.68. The summed E-state index contributed by atoms with van der Waals surface area (Å²) in [5.74, 6) is -0.268. The van der Waals surface area contributed by atoms with Crippen molar-refractivity contribution in [2.45, 2.75) is 24.3 Å². The van der Waals surface area contributed by atoms with E-state index in [2.05, 4.69) is 17.6 Å². The highest BCUT2D eigenvalue weighted by Gasteiger charge is 2.11. The standard InChI is InChI=1S/C13H12ClNO2S2/c1-8-11(19-13(18)15-8)6-12(16)17-7-9-2-4-10(14)5-3-9/h2-5H,6-7H2,1H3,(H,15,18). The van der Waals surface area contributed by atoms with Crippen LogP contribution in [-0.4, -0.2) is 11.0 Å². The monoisotopic (exact) mass is 313 g/mol. The van der Waals surface area contributed by atoms with Crippen LogP contribution in [-0.2, 0) is 22.6 Å². The number of thiazole rings is 1. The molecule has 1 aromatic carbocycles. The van der Waals surface area contributed by atoms with Gasteiger partial charge in [-0.05, 0) is 24.6 Å². The molecule has 0 bridgehead atoms. The third kappa shape index (κ3) is 4.23. The summed E-state index contributed by atoms with van der Waals surface area (Å²) < 4.78 is 5.87. The van der Waals surface area contributed by atoms with Gasteiger partial charge in [0.15, 0.2) is 0 Å². The molecule has 2 aromatic rings. The largest absolute Gasteiger partial charge is 0.461 e. The highest BCUT2D eigenvalue weighted by molar-refractivity contribution is 7.82. The number of thiol groups is 1. The number of aromatic nitrogens is 1. The highest BCUT2D eigenvalue weighted by atomic mass is 35.5. The van der Waals surface area contributed by atoms with Crippen molar-refractivity contribution >= 4 is 41.5 Å². The smallest absolute Gasteiger partial charge is 0.311 e. The minimum atomic E-state index is -0.268. The molecular weight excluding hydrogens is 302 g/mol. The van der Waals surface area contributed by atoms with Gasteiger partial charge in [-0.2, -0.15) is 0 Å². The number of carbonyl (C=O) groups is 1. The molecule has 0 aliphatic heterocycles. The van der Waals surface area contributed by atoms with Crippen molar-refractivity contribution in [3.05, 3.63) is 45.4 Å². The Morgan fingerprint density at radius 3 is 2.68 bits per heavy atom. The molecule has 2 rings (SSSR count). The molecule has 0 radical (unpaired) electrons. The van der Waals surface area contributed by atoms with Gasteiger partial charge in [0, 0.05) is 9.90 Å². The lowest BCUT2D eigenvalue weighted by Crippen LogP contribution is -2.07. The van der Waals surface area contributed by atoms with Gasteiger partial charge < -0.3 is 4.74 Å². The second-order valence-electron chi connectivity index (χ2n) is 3.97. The van der Waals surface area contributed by atoms with Gasteiger partial charge in [0.25, 0.3) is 0 Å². The van der Waals surface area contributed by atoms with E-state index in [9.17, 15) is 4.79 Å². The maximum absolute atomic E-state index is 11.7. The molecule has 0 N–H and O–H groups in total. The average Bonchev–Trinajstić information content (AvgIpc) is 2.67. The Kier molecular flexibility index (Phi) is 4.85. The van der Waals surface area contributed by atoms with Gasteiger partial charge in [-0.25, -0.2) is 4.98 Å². The van der Waals surface area contributed by atoms with Crippen molar-refractivity contribution in [2.75, 3.05) is 0 Å². The Bertz CT molecular complexity index is 581. The van der Waals surface area contributed by atoms with Gasteiger partial charge >= 0.3 is 5.97 Å². The third-order valence-electron chi connectivity index (χ3n) is 2.50. The van der Waals surface area contributed by atoms with Crippen LogP contribution < -0.4 is 0 Å². The van der Waals surface area contributed by atoms with Crippen LogP contribution in [0, 0.1) is 6.92 Å². The molecule has 3 nitrogen and oxygen atoms in total. The first-order chi connectivity index (χ1) is 9.04. The second kappa shape index (κ2) is 6.41. The van der Waals surface area contributed by atoms with Crippen molar-refractivity contribution in [1.29, 1.82) is 0 Å². The number of ether oxygens (including phenoxy) is 1. The third-order valence-corrected chi connectivity index (χ3v) is 4.09. The molecule has 0 fully saturated rings. The molecule has 0 aliphatic rings. The number of esters is 1. The summed E-state index contributed by atoms with van der Waals surface area (Å²) in [5, 5.41) is 0.664. The lowest BCUT2D eigenvalue weighted by molar-refractivity contribution is -0.144. The van der Waals surface area contributed by atoms with Gasteiger partial charge in [0.1, 0.15) is 10.9 Å². The Morgan fingerprint density at radius 1 is 1.42 bits per heavy atom. The summed E-state index contributed by atoms with van der Waals surface area (Å²) >= 11 is 11.3. The number of nitrogens with zero attached hydrogens (tertiary/aromatic N) is 1. The van der Waals surface area contributed by atoms with Gasteiger partial charge in [-0.3, -0.25) is 4.79 Å². The Balaban J connectivity index is 1.88. The van der Waals surface area contributed by atoms with Gasteiger partial charge in [0.05, 0.1) is 12.1 Å². The lowest BCUT2D eigenvalue weighted by Gasteiger charge is -2.04. The summed E-state index contributed by atoms with van der Waals surface area (Å²) in [5.41, 5.74) is 1.74. The molecule has 1 aromatic heterocycles. The number of benzene rings is 1. The topological polar surface area (TPSA) is 39.2 Å². The molecule has 0 saturated heterocycles. The number of hydrogen-bond acceptors (Lipinski definition) is 5. The van der Waals surface area contributed by atoms with E-state index in [1.807, 2.05) is 19.1 Å². The fraction of sp³-hybridized carbons (Fsp3) is 0.231. The van der Waals surface area contributed by atoms with Crippen LogP contribution in [0.25, 0.3) is 0 Å². The number of aryl methyl sites for hydroxylation is 1. The number of halogens is 1. The summed E-state index contributed by atoms with van der Waals surface area (Å²) in [7, 11) is 0. The Hall–Kier alpha value is -1.04. The SMILES string of the molecule is Cc1nc(S)sc1CC(=O)OCc1ccc(Cl)cc1. The first kappa shape index (κ1) is 14.4. The van der Waals surface area contributed by atoms with Crippen LogP contribution in [0.1, 0.15) is 16.1 Å². The fourth-order valence-corrected chi connectivity index (χ4v) is 2.90. The molecule has 0 amide bonds. The zero-order valence-corrected chi connectivity index (χ0v) is 12.7. The lowest BCUT2D eigenvalue weighted by atomic mass is 10.2. The van der Waals surface area contributed by atoms with Gasteiger partial charge in [-0.15, -0.1) is 24.0 Å². The number of hydrogen-bond donors (Lipinski definition) is 1. The van der Waals surface area contributed by atoms with E-state index in [1.54, 1.807) is 12.1 Å². The first-order valence-electron chi connectivity index (χ1n) is 5.60. The molecule has 0 aliphatic carbocycles. The summed E-state index contributed by atoms with van der Waals surface area (Å²) in [6, 6.07) is 7.20. The molecule has 19 heavy (non-hydrogen) atoms. The fourth-order valence-electron chi connectivity index (χ4n) is 1.50. The summed E-state index contributed by atoms with van der Waals surface area (Å²) in [4.78, 5) is 16.8. The number of rotatable bonds is 4. The molecule has 0 spiro atoms. The summed E-state index contributed by atoms with van der Waals surface area (Å²) in [6.45, 7) is 2.11. The van der Waals surface area contributed by atoms with Crippen molar-refractivity contribution in [2.24, 2.45) is 0 Å². The van der Waals surface area contributed by atoms with E-state index in [1.165, 1.54) is 11.3 Å². The Morgan fingerprint density at radius 2 is 2.11 bits per heavy atom. The van der Waals surface area contributed by atoms with Crippen molar-refractivity contribution in [3.8, 4) is 0 Å². The number of carbonyl (C=O) groups excluding carboxylic acids is 1. The molecule has 6 heteroatoms. The molecule has 0 unspecified atom stereocenters. The van der Waals surface area contributed by atoms with E-state index in [0.717, 1.165) is 16.1 Å². The van der Waals surface area contributed by atoms with Crippen LogP contribution in [0.3, 0.4) is 0 Å². The highest BCUT2D eigenvalue weighted by Crippen LogP contribution is 2.21. The van der Waals surface area contributed by atoms with E-state index < -0.39 is 0 Å². The van der Waals surface area contributed by atoms with E-state index >= 15 is 0 Å². The van der Waals surface area contributed by atoms with Crippen LogP contribution in [0.5, 0.6) is 0 Å². The zero-order valence-electron chi connectivity index (χ0n) is 10.2. The van der Waals surface area contributed by atoms with Crippen molar-refractivity contribution in [1.82, 2.24) is 4.98 Å². The minimum absolute atomic E-state index is 0.234. The van der Waals surface area contributed by atoms with E-state index in [-0.39, 0.29) is 19.0 Å². The molecule has 0 atom stereocenters. The van der Waals surface area contributed by atoms with Crippen molar-refractivity contribution in [3.63, 3.8) is 0 Å². The minimum Gasteiger partial charge on any atom is -0.461 e. The quantitative estimate of drug-likeness (QED) is 0.691. The van der Waals surface area contributed by atoms with Gasteiger partial charge in [-0.1, -0.05) is 23.7 Å². The molecular formula is C13H12ClNO2S2. The maximum atomic E-state index is 11.7.